The molecule has 0 radical (unpaired) electrons. The van der Waals surface area contributed by atoms with Crippen LogP contribution in [0.15, 0.2) is 12.2 Å². The van der Waals surface area contributed by atoms with Crippen LogP contribution in [-0.4, -0.2) is 19.0 Å². The summed E-state index contributed by atoms with van der Waals surface area (Å²) < 4.78 is 11.5. The SMILES string of the molecule is C#CC1C=CCP(C)(=O)C1. The summed E-state index contributed by atoms with van der Waals surface area (Å²) in [6.07, 6.45) is 10.5. The molecule has 0 aromatic rings. The molecule has 0 aliphatic carbocycles. The lowest BCUT2D eigenvalue weighted by Crippen LogP contribution is -2.07. The molecule has 0 spiro atoms. The van der Waals surface area contributed by atoms with E-state index in [-0.39, 0.29) is 5.92 Å². The highest BCUT2D eigenvalue weighted by molar-refractivity contribution is 7.63. The number of rotatable bonds is 0. The third-order valence-corrected chi connectivity index (χ3v) is 3.81. The Kier molecular flexibility index (Phi) is 2.02. The van der Waals surface area contributed by atoms with Gasteiger partial charge in [-0.15, -0.1) is 6.42 Å². The number of hydrogen-bond acceptors (Lipinski definition) is 1. The Balaban J connectivity index is 2.75. The van der Waals surface area contributed by atoms with Crippen LogP contribution in [-0.2, 0) is 4.57 Å². The van der Waals surface area contributed by atoms with Crippen molar-refractivity contribution in [3.63, 3.8) is 0 Å². The first-order chi connectivity index (χ1) is 4.64. The Morgan fingerprint density at radius 1 is 1.80 bits per heavy atom. The standard InChI is InChI=1S/C8H11OP/c1-3-8-5-4-6-10(2,9)7-8/h1,4-5,8H,6-7H2,2H3. The second-order valence-corrected chi connectivity index (χ2v) is 6.19. The fourth-order valence-corrected chi connectivity index (χ4v) is 2.88. The van der Waals surface area contributed by atoms with Crippen molar-refractivity contribution in [3.05, 3.63) is 12.2 Å². The molecular weight excluding hydrogens is 143 g/mol. The molecule has 1 nitrogen and oxygen atoms in total. The van der Waals surface area contributed by atoms with Crippen molar-refractivity contribution < 1.29 is 4.57 Å². The van der Waals surface area contributed by atoms with Crippen LogP contribution < -0.4 is 0 Å². The molecule has 0 saturated heterocycles. The van der Waals surface area contributed by atoms with Crippen LogP contribution >= 0.6 is 7.14 Å². The molecule has 54 valence electrons. The molecule has 0 amide bonds. The van der Waals surface area contributed by atoms with Gasteiger partial charge in [0.15, 0.2) is 0 Å². The first-order valence-corrected chi connectivity index (χ1v) is 5.85. The molecule has 1 heterocycles. The minimum absolute atomic E-state index is 0.115. The maximum absolute atomic E-state index is 11.5. The minimum atomic E-state index is -1.89. The van der Waals surface area contributed by atoms with Gasteiger partial charge in [-0.1, -0.05) is 18.1 Å². The van der Waals surface area contributed by atoms with Gasteiger partial charge >= 0.3 is 0 Å². The van der Waals surface area contributed by atoms with E-state index in [1.54, 1.807) is 0 Å². The monoisotopic (exact) mass is 154 g/mol. The lowest BCUT2D eigenvalue weighted by atomic mass is 10.2. The third-order valence-electron chi connectivity index (χ3n) is 1.66. The number of hydrogen-bond donors (Lipinski definition) is 0. The van der Waals surface area contributed by atoms with E-state index in [9.17, 15) is 4.57 Å². The minimum Gasteiger partial charge on any atom is -0.323 e. The topological polar surface area (TPSA) is 17.1 Å². The van der Waals surface area contributed by atoms with E-state index in [1.165, 1.54) is 0 Å². The molecule has 10 heavy (non-hydrogen) atoms. The Morgan fingerprint density at radius 3 is 2.90 bits per heavy atom. The Morgan fingerprint density at radius 2 is 2.50 bits per heavy atom. The van der Waals surface area contributed by atoms with Gasteiger partial charge in [0.1, 0.15) is 0 Å². The number of terminal acetylenes is 1. The maximum atomic E-state index is 11.5. The second kappa shape index (κ2) is 2.64. The Bertz CT molecular complexity index is 234. The summed E-state index contributed by atoms with van der Waals surface area (Å²) in [5, 5.41) is 0. The Labute approximate surface area is 61.9 Å². The summed E-state index contributed by atoms with van der Waals surface area (Å²) in [6, 6.07) is 0. The average molecular weight is 154 g/mol. The van der Waals surface area contributed by atoms with Crippen LogP contribution in [0.3, 0.4) is 0 Å². The van der Waals surface area contributed by atoms with E-state index in [0.717, 1.165) is 6.16 Å². The van der Waals surface area contributed by atoms with Crippen molar-refractivity contribution in [2.45, 2.75) is 0 Å². The molecular formula is C8H11OP. The normalized spacial score (nSPS) is 39.0. The fourth-order valence-electron chi connectivity index (χ4n) is 1.11. The highest BCUT2D eigenvalue weighted by Crippen LogP contribution is 2.45. The van der Waals surface area contributed by atoms with Crippen molar-refractivity contribution in [1.29, 1.82) is 0 Å². The van der Waals surface area contributed by atoms with Crippen molar-refractivity contribution in [1.82, 2.24) is 0 Å². The van der Waals surface area contributed by atoms with Crippen LogP contribution in [0, 0.1) is 18.3 Å². The first-order valence-electron chi connectivity index (χ1n) is 3.32. The van der Waals surface area contributed by atoms with Crippen LogP contribution in [0.5, 0.6) is 0 Å². The van der Waals surface area contributed by atoms with Gasteiger partial charge in [0.05, 0.1) is 7.14 Å². The van der Waals surface area contributed by atoms with E-state index < -0.39 is 7.14 Å². The molecule has 2 heteroatoms. The van der Waals surface area contributed by atoms with Crippen LogP contribution in [0.4, 0.5) is 0 Å². The predicted molar refractivity (Wildman–Crippen MR) is 44.7 cm³/mol. The molecule has 2 unspecified atom stereocenters. The van der Waals surface area contributed by atoms with Crippen LogP contribution in [0.1, 0.15) is 0 Å². The van der Waals surface area contributed by atoms with Crippen molar-refractivity contribution in [2.75, 3.05) is 19.0 Å². The van der Waals surface area contributed by atoms with Crippen LogP contribution in [0.2, 0.25) is 0 Å². The molecule has 1 aliphatic heterocycles. The molecule has 0 aromatic heterocycles. The van der Waals surface area contributed by atoms with Gasteiger partial charge in [0, 0.05) is 18.2 Å². The van der Waals surface area contributed by atoms with E-state index >= 15 is 0 Å². The summed E-state index contributed by atoms with van der Waals surface area (Å²) in [5.74, 6) is 2.72. The summed E-state index contributed by atoms with van der Waals surface area (Å²) in [4.78, 5) is 0. The predicted octanol–water partition coefficient (Wildman–Crippen LogP) is 1.80. The van der Waals surface area contributed by atoms with E-state index in [2.05, 4.69) is 5.92 Å². The molecule has 0 N–H and O–H groups in total. The highest BCUT2D eigenvalue weighted by atomic mass is 31.2. The smallest absolute Gasteiger partial charge is 0.0899 e. The van der Waals surface area contributed by atoms with Crippen molar-refractivity contribution >= 4 is 7.14 Å². The molecule has 1 rings (SSSR count). The second-order valence-electron chi connectivity index (χ2n) is 2.86. The third kappa shape index (κ3) is 1.75. The largest absolute Gasteiger partial charge is 0.323 e. The van der Waals surface area contributed by atoms with Gasteiger partial charge in [-0.05, 0) is 6.66 Å². The quantitative estimate of drug-likeness (QED) is 0.295. The van der Waals surface area contributed by atoms with Crippen molar-refractivity contribution in [2.24, 2.45) is 5.92 Å². The van der Waals surface area contributed by atoms with E-state index in [0.29, 0.717) is 6.16 Å². The lowest BCUT2D eigenvalue weighted by Gasteiger charge is -2.17. The molecule has 0 saturated carbocycles. The molecule has 0 bridgehead atoms. The fraction of sp³-hybridized carbons (Fsp3) is 0.500. The van der Waals surface area contributed by atoms with Gasteiger partial charge in [-0.25, -0.2) is 0 Å². The van der Waals surface area contributed by atoms with Gasteiger partial charge in [-0.3, -0.25) is 0 Å². The number of allylic oxidation sites excluding steroid dienone is 2. The molecule has 2 atom stereocenters. The zero-order valence-electron chi connectivity index (χ0n) is 6.08. The molecule has 0 aromatic carbocycles. The molecule has 1 aliphatic rings. The van der Waals surface area contributed by atoms with Gasteiger partial charge in [0.25, 0.3) is 0 Å². The lowest BCUT2D eigenvalue weighted by molar-refractivity contribution is 0.576. The van der Waals surface area contributed by atoms with Gasteiger partial charge < -0.3 is 4.57 Å². The van der Waals surface area contributed by atoms with E-state index in [1.807, 2.05) is 18.8 Å². The summed E-state index contributed by atoms with van der Waals surface area (Å²) in [5.41, 5.74) is 0. The molecule has 0 fully saturated rings. The maximum Gasteiger partial charge on any atom is 0.0899 e. The zero-order chi connectivity index (χ0) is 7.61. The van der Waals surface area contributed by atoms with Gasteiger partial charge in [-0.2, -0.15) is 0 Å². The van der Waals surface area contributed by atoms with Crippen LogP contribution in [0.25, 0.3) is 0 Å². The Hall–Kier alpha value is -0.470. The van der Waals surface area contributed by atoms with Gasteiger partial charge in [0.2, 0.25) is 0 Å². The first kappa shape index (κ1) is 7.63. The zero-order valence-corrected chi connectivity index (χ0v) is 6.97. The highest BCUT2D eigenvalue weighted by Gasteiger charge is 2.20. The summed E-state index contributed by atoms with van der Waals surface area (Å²) in [6.45, 7) is 1.82. The van der Waals surface area contributed by atoms with E-state index in [4.69, 9.17) is 6.42 Å². The summed E-state index contributed by atoms with van der Waals surface area (Å²) >= 11 is 0. The summed E-state index contributed by atoms with van der Waals surface area (Å²) in [7, 11) is -1.89. The average Bonchev–Trinajstić information content (AvgIpc) is 1.86. The van der Waals surface area contributed by atoms with Crippen molar-refractivity contribution in [3.8, 4) is 12.3 Å².